The van der Waals surface area contributed by atoms with E-state index >= 15 is 0 Å². The van der Waals surface area contributed by atoms with Gasteiger partial charge >= 0.3 is 5.69 Å². The van der Waals surface area contributed by atoms with Crippen molar-refractivity contribution in [3.63, 3.8) is 0 Å². The fraction of sp³-hybridized carbons (Fsp3) is 0.200. The first-order valence-corrected chi connectivity index (χ1v) is 5.64. The second kappa shape index (κ2) is 4.52. The van der Waals surface area contributed by atoms with Crippen LogP contribution in [0.1, 0.15) is 5.56 Å². The average molecular weight is 239 g/mol. The van der Waals surface area contributed by atoms with Crippen molar-refractivity contribution in [2.45, 2.75) is 10.9 Å². The van der Waals surface area contributed by atoms with Crippen LogP contribution < -0.4 is 5.69 Å². The zero-order valence-corrected chi connectivity index (χ0v) is 9.42. The van der Waals surface area contributed by atoms with Crippen molar-refractivity contribution < 1.29 is 4.39 Å². The van der Waals surface area contributed by atoms with Crippen molar-refractivity contribution in [3.05, 3.63) is 46.1 Å². The van der Waals surface area contributed by atoms with Crippen LogP contribution in [0.15, 0.2) is 34.2 Å². The number of hydrogen-bond donors (Lipinski definition) is 1. The minimum atomic E-state index is -0.249. The molecule has 84 valence electrons. The van der Waals surface area contributed by atoms with E-state index in [1.807, 2.05) is 0 Å². The van der Waals surface area contributed by atoms with Gasteiger partial charge in [0.1, 0.15) is 5.82 Å². The van der Waals surface area contributed by atoms with Crippen LogP contribution in [0.4, 0.5) is 4.39 Å². The van der Waals surface area contributed by atoms with Gasteiger partial charge in [-0.25, -0.2) is 14.3 Å². The molecule has 2 aromatic rings. The maximum Gasteiger partial charge on any atom is 0.343 e. The highest BCUT2D eigenvalue weighted by atomic mass is 32.2. The van der Waals surface area contributed by atoms with Gasteiger partial charge in [-0.15, -0.1) is 5.10 Å². The van der Waals surface area contributed by atoms with Gasteiger partial charge < -0.3 is 0 Å². The van der Waals surface area contributed by atoms with Crippen LogP contribution in [-0.4, -0.2) is 14.8 Å². The lowest BCUT2D eigenvalue weighted by Crippen LogP contribution is -2.12. The van der Waals surface area contributed by atoms with E-state index in [1.165, 1.54) is 28.5 Å². The molecule has 16 heavy (non-hydrogen) atoms. The standard InChI is InChI=1S/C10H10FN3OS/c1-14-9(15)12-13-10(14)16-6-7-2-4-8(11)5-3-7/h2-5H,6H2,1H3,(H,12,15). The van der Waals surface area contributed by atoms with Crippen molar-refractivity contribution in [1.82, 2.24) is 14.8 Å². The summed E-state index contributed by atoms with van der Waals surface area (Å²) >= 11 is 1.42. The van der Waals surface area contributed by atoms with E-state index in [-0.39, 0.29) is 11.5 Å². The number of hydrogen-bond acceptors (Lipinski definition) is 3. The van der Waals surface area contributed by atoms with E-state index in [0.717, 1.165) is 5.56 Å². The molecule has 0 spiro atoms. The van der Waals surface area contributed by atoms with Crippen molar-refractivity contribution in [1.29, 1.82) is 0 Å². The predicted molar refractivity (Wildman–Crippen MR) is 59.8 cm³/mol. The van der Waals surface area contributed by atoms with Crippen LogP contribution >= 0.6 is 11.8 Å². The van der Waals surface area contributed by atoms with E-state index < -0.39 is 0 Å². The molecule has 0 unspecified atom stereocenters. The third kappa shape index (κ3) is 2.33. The Bertz CT molecular complexity index is 532. The number of nitrogens with zero attached hydrogens (tertiary/aromatic N) is 2. The second-order valence-corrected chi connectivity index (χ2v) is 4.23. The summed E-state index contributed by atoms with van der Waals surface area (Å²) in [5, 5.41) is 6.84. The molecule has 1 N–H and O–H groups in total. The van der Waals surface area contributed by atoms with Gasteiger partial charge in [0.15, 0.2) is 5.16 Å². The summed E-state index contributed by atoms with van der Waals surface area (Å²) in [6, 6.07) is 6.26. The fourth-order valence-corrected chi connectivity index (χ4v) is 2.07. The third-order valence-corrected chi connectivity index (χ3v) is 3.22. The summed E-state index contributed by atoms with van der Waals surface area (Å²) in [6.07, 6.45) is 0. The Kier molecular flexibility index (Phi) is 3.09. The Hall–Kier alpha value is -1.56. The van der Waals surface area contributed by atoms with Crippen LogP contribution in [0.25, 0.3) is 0 Å². The Morgan fingerprint density at radius 3 is 2.69 bits per heavy atom. The number of H-pyrrole nitrogens is 1. The number of halogens is 1. The minimum Gasteiger partial charge on any atom is -0.273 e. The van der Waals surface area contributed by atoms with Gasteiger partial charge in [-0.1, -0.05) is 23.9 Å². The molecule has 0 fully saturated rings. The Labute approximate surface area is 95.5 Å². The third-order valence-electron chi connectivity index (χ3n) is 2.12. The zero-order chi connectivity index (χ0) is 11.5. The molecular weight excluding hydrogens is 229 g/mol. The monoisotopic (exact) mass is 239 g/mol. The first kappa shape index (κ1) is 10.9. The normalized spacial score (nSPS) is 10.6. The first-order chi connectivity index (χ1) is 7.66. The van der Waals surface area contributed by atoms with E-state index in [0.29, 0.717) is 10.9 Å². The van der Waals surface area contributed by atoms with Gasteiger partial charge in [0.25, 0.3) is 0 Å². The first-order valence-electron chi connectivity index (χ1n) is 4.65. The molecule has 0 aliphatic heterocycles. The quantitative estimate of drug-likeness (QED) is 0.826. The van der Waals surface area contributed by atoms with Crippen LogP contribution in [0.3, 0.4) is 0 Å². The highest BCUT2D eigenvalue weighted by Crippen LogP contribution is 2.18. The molecule has 1 aromatic carbocycles. The Morgan fingerprint density at radius 2 is 2.12 bits per heavy atom. The molecule has 6 heteroatoms. The number of benzene rings is 1. The van der Waals surface area contributed by atoms with E-state index in [9.17, 15) is 9.18 Å². The van der Waals surface area contributed by atoms with Gasteiger partial charge in [0, 0.05) is 12.8 Å². The van der Waals surface area contributed by atoms with Gasteiger partial charge in [-0.2, -0.15) is 0 Å². The summed E-state index contributed by atoms with van der Waals surface area (Å²) in [5.74, 6) is 0.402. The summed E-state index contributed by atoms with van der Waals surface area (Å²) in [6.45, 7) is 0. The Balaban J connectivity index is 2.05. The Morgan fingerprint density at radius 1 is 1.44 bits per heavy atom. The largest absolute Gasteiger partial charge is 0.343 e. The van der Waals surface area contributed by atoms with E-state index in [2.05, 4.69) is 10.2 Å². The number of aromatic nitrogens is 3. The van der Waals surface area contributed by atoms with Crippen molar-refractivity contribution >= 4 is 11.8 Å². The van der Waals surface area contributed by atoms with Crippen LogP contribution in [0, 0.1) is 5.82 Å². The smallest absolute Gasteiger partial charge is 0.273 e. The topological polar surface area (TPSA) is 50.7 Å². The van der Waals surface area contributed by atoms with Crippen LogP contribution in [0.2, 0.25) is 0 Å². The number of aromatic amines is 1. The minimum absolute atomic E-state index is 0.235. The van der Waals surface area contributed by atoms with Crippen molar-refractivity contribution in [2.75, 3.05) is 0 Å². The van der Waals surface area contributed by atoms with Crippen LogP contribution in [0.5, 0.6) is 0 Å². The molecule has 1 aromatic heterocycles. The molecule has 0 aliphatic rings. The maximum absolute atomic E-state index is 12.6. The molecule has 4 nitrogen and oxygen atoms in total. The highest BCUT2D eigenvalue weighted by Gasteiger charge is 2.04. The number of nitrogens with one attached hydrogen (secondary N) is 1. The molecule has 2 rings (SSSR count). The SMILES string of the molecule is Cn1c(SCc2ccc(F)cc2)n[nH]c1=O. The van der Waals surface area contributed by atoms with Crippen molar-refractivity contribution in [2.24, 2.45) is 7.05 Å². The van der Waals surface area contributed by atoms with Gasteiger partial charge in [0.05, 0.1) is 0 Å². The van der Waals surface area contributed by atoms with Crippen molar-refractivity contribution in [3.8, 4) is 0 Å². The molecule has 0 aliphatic carbocycles. The average Bonchev–Trinajstić information content (AvgIpc) is 2.60. The molecule has 0 radical (unpaired) electrons. The summed E-state index contributed by atoms with van der Waals surface area (Å²) in [4.78, 5) is 11.1. The van der Waals surface area contributed by atoms with Gasteiger partial charge in [0.2, 0.25) is 0 Å². The lowest BCUT2D eigenvalue weighted by atomic mass is 10.2. The molecule has 1 heterocycles. The van der Waals surface area contributed by atoms with Gasteiger partial charge in [-0.3, -0.25) is 4.57 Å². The lowest BCUT2D eigenvalue weighted by molar-refractivity contribution is 0.627. The highest BCUT2D eigenvalue weighted by molar-refractivity contribution is 7.98. The predicted octanol–water partition coefficient (Wildman–Crippen LogP) is 1.54. The van der Waals surface area contributed by atoms with E-state index in [4.69, 9.17) is 0 Å². The summed E-state index contributed by atoms with van der Waals surface area (Å²) in [7, 11) is 1.65. The second-order valence-electron chi connectivity index (χ2n) is 3.29. The van der Waals surface area contributed by atoms with E-state index in [1.54, 1.807) is 19.2 Å². The fourth-order valence-electron chi connectivity index (χ4n) is 1.19. The summed E-state index contributed by atoms with van der Waals surface area (Å²) in [5.41, 5.74) is 0.753. The zero-order valence-electron chi connectivity index (χ0n) is 8.61. The number of thioether (sulfide) groups is 1. The molecule has 0 bridgehead atoms. The van der Waals surface area contributed by atoms with Gasteiger partial charge in [-0.05, 0) is 17.7 Å². The molecule has 0 atom stereocenters. The molecule has 0 saturated carbocycles. The molecule has 0 amide bonds. The van der Waals surface area contributed by atoms with Crippen LogP contribution in [-0.2, 0) is 12.8 Å². The number of rotatable bonds is 3. The molecule has 0 saturated heterocycles. The maximum atomic E-state index is 12.6. The summed E-state index contributed by atoms with van der Waals surface area (Å²) < 4.78 is 14.1. The molecular formula is C10H10FN3OS. The lowest BCUT2D eigenvalue weighted by Gasteiger charge is -2.00.